The molecule has 4 fully saturated rings. The quantitative estimate of drug-likeness (QED) is 0.821. The molecule has 21 heavy (non-hydrogen) atoms. The molecule has 0 amide bonds. The minimum atomic E-state index is 0.725. The normalized spacial score (nSPS) is 37.3. The van der Waals surface area contributed by atoms with Gasteiger partial charge in [-0.3, -0.25) is 0 Å². The molecule has 0 spiro atoms. The van der Waals surface area contributed by atoms with E-state index in [0.717, 1.165) is 54.3 Å². The summed E-state index contributed by atoms with van der Waals surface area (Å²) in [6.07, 6.45) is 7.35. The van der Waals surface area contributed by atoms with Gasteiger partial charge >= 0.3 is 0 Å². The molecule has 1 aromatic heterocycles. The van der Waals surface area contributed by atoms with E-state index in [-0.39, 0.29) is 0 Å². The highest BCUT2D eigenvalue weighted by Crippen LogP contribution is 2.59. The molecule has 0 aromatic carbocycles. The average molecular weight is 307 g/mol. The van der Waals surface area contributed by atoms with Crippen LogP contribution in [-0.2, 0) is 11.3 Å². The number of aromatic nitrogens is 2. The molecule has 5 heteroatoms. The van der Waals surface area contributed by atoms with Crippen LogP contribution in [0, 0.1) is 23.7 Å². The van der Waals surface area contributed by atoms with Crippen LogP contribution >= 0.6 is 11.3 Å². The van der Waals surface area contributed by atoms with Gasteiger partial charge in [0, 0.05) is 26.1 Å². The van der Waals surface area contributed by atoms with Crippen LogP contribution in [0.25, 0.3) is 0 Å². The largest absolute Gasteiger partial charge is 0.383 e. The molecule has 5 rings (SSSR count). The van der Waals surface area contributed by atoms with Crippen molar-refractivity contribution in [2.75, 3.05) is 20.3 Å². The molecule has 4 aliphatic carbocycles. The van der Waals surface area contributed by atoms with E-state index in [1.165, 1.54) is 37.1 Å². The van der Waals surface area contributed by atoms with Crippen molar-refractivity contribution in [1.82, 2.24) is 15.5 Å². The second-order valence-corrected chi connectivity index (χ2v) is 8.25. The fourth-order valence-electron chi connectivity index (χ4n) is 5.17. The van der Waals surface area contributed by atoms with Gasteiger partial charge in [0.2, 0.25) is 0 Å². The summed E-state index contributed by atoms with van der Waals surface area (Å²) in [5.41, 5.74) is 0. The Morgan fingerprint density at radius 2 is 1.81 bits per heavy atom. The van der Waals surface area contributed by atoms with Gasteiger partial charge in [-0.1, -0.05) is 11.3 Å². The Morgan fingerprint density at radius 3 is 2.48 bits per heavy atom. The van der Waals surface area contributed by atoms with E-state index in [1.807, 2.05) is 11.3 Å². The lowest BCUT2D eigenvalue weighted by Gasteiger charge is -2.53. The lowest BCUT2D eigenvalue weighted by atomic mass is 9.52. The zero-order valence-corrected chi connectivity index (χ0v) is 13.6. The van der Waals surface area contributed by atoms with Crippen molar-refractivity contribution in [3.63, 3.8) is 0 Å². The minimum Gasteiger partial charge on any atom is -0.383 e. The molecular weight excluding hydrogens is 282 g/mol. The first-order valence-electron chi connectivity index (χ1n) is 8.35. The highest BCUT2D eigenvalue weighted by atomic mass is 32.1. The van der Waals surface area contributed by atoms with Gasteiger partial charge in [0.15, 0.2) is 0 Å². The molecule has 4 aliphatic rings. The summed E-state index contributed by atoms with van der Waals surface area (Å²) in [5.74, 6) is 4.61. The maximum Gasteiger partial charge on any atom is 0.131 e. The summed E-state index contributed by atoms with van der Waals surface area (Å²) >= 11 is 1.84. The van der Waals surface area contributed by atoms with Crippen LogP contribution in [-0.4, -0.2) is 30.5 Å². The second kappa shape index (κ2) is 5.94. The standard InChI is InChI=1S/C16H25N3OS/c1-20-3-2-17-9-14-18-19-16(21-14)15-12-5-10-4-11(7-12)8-13(15)6-10/h10-13,15,17H,2-9H2,1H3. The predicted octanol–water partition coefficient (Wildman–Crippen LogP) is 2.81. The molecule has 116 valence electrons. The lowest BCUT2D eigenvalue weighted by Crippen LogP contribution is -2.43. The molecular formula is C16H25N3OS. The van der Waals surface area contributed by atoms with E-state index in [4.69, 9.17) is 4.74 Å². The zero-order valence-electron chi connectivity index (χ0n) is 12.8. The Hall–Kier alpha value is -0.520. The monoisotopic (exact) mass is 307 g/mol. The lowest BCUT2D eigenvalue weighted by molar-refractivity contribution is -0.00303. The molecule has 0 radical (unpaired) electrons. The Kier molecular flexibility index (Phi) is 3.98. The third kappa shape index (κ3) is 2.76. The van der Waals surface area contributed by atoms with Gasteiger partial charge in [0.25, 0.3) is 0 Å². The van der Waals surface area contributed by atoms with Gasteiger partial charge in [0.05, 0.1) is 6.61 Å². The van der Waals surface area contributed by atoms with Gasteiger partial charge in [-0.05, 0) is 55.8 Å². The number of nitrogens with zero attached hydrogens (tertiary/aromatic N) is 2. The van der Waals surface area contributed by atoms with Gasteiger partial charge in [0.1, 0.15) is 10.0 Å². The van der Waals surface area contributed by atoms with Crippen LogP contribution < -0.4 is 5.32 Å². The van der Waals surface area contributed by atoms with Gasteiger partial charge in [-0.25, -0.2) is 0 Å². The average Bonchev–Trinajstić information content (AvgIpc) is 2.91. The number of hydrogen-bond donors (Lipinski definition) is 1. The van der Waals surface area contributed by atoms with Crippen molar-refractivity contribution in [2.45, 2.75) is 44.6 Å². The molecule has 0 aliphatic heterocycles. The first-order chi connectivity index (χ1) is 10.3. The predicted molar refractivity (Wildman–Crippen MR) is 83.3 cm³/mol. The van der Waals surface area contributed by atoms with Gasteiger partial charge in [-0.15, -0.1) is 10.2 Å². The number of ether oxygens (including phenoxy) is 1. The van der Waals surface area contributed by atoms with Crippen LogP contribution in [0.15, 0.2) is 0 Å². The van der Waals surface area contributed by atoms with E-state index in [2.05, 4.69) is 15.5 Å². The van der Waals surface area contributed by atoms with Gasteiger partial charge in [-0.2, -0.15) is 0 Å². The number of rotatable bonds is 6. The zero-order chi connectivity index (χ0) is 14.2. The van der Waals surface area contributed by atoms with Crippen LogP contribution in [0.1, 0.15) is 48.0 Å². The fourth-order valence-corrected chi connectivity index (χ4v) is 6.27. The van der Waals surface area contributed by atoms with E-state index in [0.29, 0.717) is 0 Å². The molecule has 4 bridgehead atoms. The first-order valence-corrected chi connectivity index (χ1v) is 9.17. The highest BCUT2D eigenvalue weighted by Gasteiger charge is 2.49. The summed E-state index contributed by atoms with van der Waals surface area (Å²) < 4.78 is 5.05. The topological polar surface area (TPSA) is 47.0 Å². The summed E-state index contributed by atoms with van der Waals surface area (Å²) in [6.45, 7) is 2.46. The summed E-state index contributed by atoms with van der Waals surface area (Å²) in [4.78, 5) is 0. The molecule has 4 saturated carbocycles. The Bertz CT molecular complexity index is 462. The van der Waals surface area contributed by atoms with E-state index in [9.17, 15) is 0 Å². The van der Waals surface area contributed by atoms with E-state index < -0.39 is 0 Å². The summed E-state index contributed by atoms with van der Waals surface area (Å²) in [7, 11) is 1.73. The maximum absolute atomic E-state index is 5.05. The number of methoxy groups -OCH3 is 1. The van der Waals surface area contributed by atoms with Crippen molar-refractivity contribution in [3.05, 3.63) is 10.0 Å². The molecule has 1 aromatic rings. The third-order valence-corrected chi connectivity index (χ3v) is 6.78. The molecule has 0 atom stereocenters. The van der Waals surface area contributed by atoms with Crippen molar-refractivity contribution in [1.29, 1.82) is 0 Å². The van der Waals surface area contributed by atoms with Crippen LogP contribution in [0.2, 0.25) is 0 Å². The smallest absolute Gasteiger partial charge is 0.131 e. The van der Waals surface area contributed by atoms with Crippen LogP contribution in [0.4, 0.5) is 0 Å². The van der Waals surface area contributed by atoms with Crippen molar-refractivity contribution >= 4 is 11.3 Å². The molecule has 4 nitrogen and oxygen atoms in total. The second-order valence-electron chi connectivity index (χ2n) is 7.16. The van der Waals surface area contributed by atoms with Crippen LogP contribution in [0.3, 0.4) is 0 Å². The summed E-state index contributed by atoms with van der Waals surface area (Å²) in [6, 6.07) is 0. The summed E-state index contributed by atoms with van der Waals surface area (Å²) in [5, 5.41) is 14.8. The molecule has 0 saturated heterocycles. The van der Waals surface area contributed by atoms with Crippen molar-refractivity contribution in [3.8, 4) is 0 Å². The van der Waals surface area contributed by atoms with Crippen LogP contribution in [0.5, 0.6) is 0 Å². The first kappa shape index (κ1) is 14.1. The fraction of sp³-hybridized carbons (Fsp3) is 0.875. The Morgan fingerprint density at radius 1 is 1.10 bits per heavy atom. The number of nitrogens with one attached hydrogen (secondary N) is 1. The maximum atomic E-state index is 5.05. The Balaban J connectivity index is 1.41. The third-order valence-electron chi connectivity index (χ3n) is 5.75. The van der Waals surface area contributed by atoms with Gasteiger partial charge < -0.3 is 10.1 Å². The molecule has 0 unspecified atom stereocenters. The van der Waals surface area contributed by atoms with E-state index in [1.54, 1.807) is 7.11 Å². The van der Waals surface area contributed by atoms with E-state index >= 15 is 0 Å². The number of hydrogen-bond acceptors (Lipinski definition) is 5. The molecule has 1 N–H and O–H groups in total. The SMILES string of the molecule is COCCNCc1nnc(C2C3CC4CC(C3)CC2C4)s1. The van der Waals surface area contributed by atoms with Crippen molar-refractivity contribution in [2.24, 2.45) is 23.7 Å². The minimum absolute atomic E-state index is 0.725. The highest BCUT2D eigenvalue weighted by molar-refractivity contribution is 7.11. The molecule has 1 heterocycles. The van der Waals surface area contributed by atoms with Crippen molar-refractivity contribution < 1.29 is 4.74 Å². The Labute approximate surface area is 130 Å².